The van der Waals surface area contributed by atoms with Crippen LogP contribution in [0, 0.1) is 0 Å². The summed E-state index contributed by atoms with van der Waals surface area (Å²) in [6, 6.07) is 7.37. The number of aliphatic hydroxyl groups excluding tert-OH is 1. The molecule has 1 heterocycles. The van der Waals surface area contributed by atoms with E-state index in [0.717, 1.165) is 30.6 Å². The quantitative estimate of drug-likeness (QED) is 0.453. The van der Waals surface area contributed by atoms with Gasteiger partial charge in [0.05, 0.1) is 18.6 Å². The molecule has 0 saturated carbocycles. The van der Waals surface area contributed by atoms with Crippen molar-refractivity contribution in [2.75, 3.05) is 5.32 Å². The maximum atomic E-state index is 11.9. The number of nitrogens with one attached hydrogen (secondary N) is 2. The average Bonchev–Trinajstić information content (AvgIpc) is 3.06. The molecule has 1 aromatic carbocycles. The van der Waals surface area contributed by atoms with Crippen LogP contribution in [0.25, 0.3) is 0 Å². The molecule has 0 saturated heterocycles. The highest BCUT2D eigenvalue weighted by Crippen LogP contribution is 2.11. The Morgan fingerprint density at radius 3 is 2.71 bits per heavy atom. The largest absolute Gasteiger partial charge is 0.390 e. The first kappa shape index (κ1) is 17.7. The maximum Gasteiger partial charge on any atom is 0.224 e. The Kier molecular flexibility index (Phi) is 6.97. The molecular weight excluding hydrogens is 308 g/mol. The molecule has 0 spiro atoms. The molecule has 128 valence electrons. The Bertz CT molecular complexity index is 652. The van der Waals surface area contributed by atoms with Gasteiger partial charge in [0.2, 0.25) is 12.3 Å². The predicted molar refractivity (Wildman–Crippen MR) is 90.0 cm³/mol. The summed E-state index contributed by atoms with van der Waals surface area (Å²) in [6.45, 7) is 1.20. The van der Waals surface area contributed by atoms with E-state index in [1.807, 2.05) is 28.8 Å². The van der Waals surface area contributed by atoms with Crippen molar-refractivity contribution in [2.24, 2.45) is 0 Å². The molecule has 2 amide bonds. The molecule has 0 aliphatic heterocycles. The molecule has 0 aliphatic carbocycles. The van der Waals surface area contributed by atoms with Gasteiger partial charge in [0.1, 0.15) is 0 Å². The van der Waals surface area contributed by atoms with Crippen molar-refractivity contribution in [2.45, 2.75) is 39.0 Å². The summed E-state index contributed by atoms with van der Waals surface area (Å²) < 4.78 is 1.91. The fourth-order valence-corrected chi connectivity index (χ4v) is 2.28. The molecule has 2 aromatic rings. The van der Waals surface area contributed by atoms with E-state index in [1.165, 1.54) is 0 Å². The van der Waals surface area contributed by atoms with E-state index in [0.29, 0.717) is 25.1 Å². The van der Waals surface area contributed by atoms with Crippen molar-refractivity contribution in [3.05, 3.63) is 48.0 Å². The van der Waals surface area contributed by atoms with E-state index in [1.54, 1.807) is 12.5 Å². The topological polar surface area (TPSA) is 96.3 Å². The molecule has 7 heteroatoms. The lowest BCUT2D eigenvalue weighted by molar-refractivity contribution is -0.116. The van der Waals surface area contributed by atoms with Crippen LogP contribution < -0.4 is 10.6 Å². The van der Waals surface area contributed by atoms with Gasteiger partial charge < -0.3 is 20.3 Å². The van der Waals surface area contributed by atoms with E-state index < -0.39 is 0 Å². The average molecular weight is 330 g/mol. The minimum absolute atomic E-state index is 0.0181. The van der Waals surface area contributed by atoms with Crippen LogP contribution >= 0.6 is 0 Å². The molecule has 0 unspecified atom stereocenters. The Hall–Kier alpha value is -2.67. The maximum absolute atomic E-state index is 11.9. The predicted octanol–water partition coefficient (Wildman–Crippen LogP) is 1.43. The standard InChI is InChI=1S/C17H22N4O3/c22-11-16-10-21(12-19-16)8-2-1-3-17(24)20-15-6-4-14(5-7-15)9-18-13-23/h4-7,10,12-13,22H,1-3,8-9,11H2,(H,18,23)(H,20,24). The number of amides is 2. The number of benzene rings is 1. The zero-order chi connectivity index (χ0) is 17.2. The number of unbranched alkanes of at least 4 members (excludes halogenated alkanes) is 1. The molecule has 0 atom stereocenters. The van der Waals surface area contributed by atoms with Crippen LogP contribution in [0.15, 0.2) is 36.8 Å². The molecule has 24 heavy (non-hydrogen) atoms. The summed E-state index contributed by atoms with van der Waals surface area (Å²) >= 11 is 0. The summed E-state index contributed by atoms with van der Waals surface area (Å²) in [5.41, 5.74) is 2.37. The number of carbonyl (C=O) groups is 2. The third-order valence-corrected chi connectivity index (χ3v) is 3.55. The lowest BCUT2D eigenvalue weighted by Gasteiger charge is -2.07. The van der Waals surface area contributed by atoms with Crippen molar-refractivity contribution in [3.63, 3.8) is 0 Å². The van der Waals surface area contributed by atoms with Gasteiger partial charge in [0, 0.05) is 31.4 Å². The van der Waals surface area contributed by atoms with Crippen LogP contribution in [-0.2, 0) is 29.3 Å². The van der Waals surface area contributed by atoms with Crippen molar-refractivity contribution >= 4 is 18.0 Å². The van der Waals surface area contributed by atoms with Gasteiger partial charge in [0.25, 0.3) is 0 Å². The second kappa shape index (κ2) is 9.46. The van der Waals surface area contributed by atoms with Gasteiger partial charge in [-0.05, 0) is 30.5 Å². The number of aliphatic hydroxyl groups is 1. The van der Waals surface area contributed by atoms with Crippen LogP contribution in [0.3, 0.4) is 0 Å². The fourth-order valence-electron chi connectivity index (χ4n) is 2.28. The van der Waals surface area contributed by atoms with E-state index in [-0.39, 0.29) is 12.5 Å². The first-order valence-corrected chi connectivity index (χ1v) is 7.88. The summed E-state index contributed by atoms with van der Waals surface area (Å²) in [7, 11) is 0. The number of hydrogen-bond donors (Lipinski definition) is 3. The Morgan fingerprint density at radius 2 is 2.04 bits per heavy atom. The molecule has 7 nitrogen and oxygen atoms in total. The van der Waals surface area contributed by atoms with Gasteiger partial charge >= 0.3 is 0 Å². The number of hydrogen-bond acceptors (Lipinski definition) is 4. The second-order valence-corrected chi connectivity index (χ2v) is 5.46. The van der Waals surface area contributed by atoms with Gasteiger partial charge in [-0.25, -0.2) is 4.98 Å². The molecule has 2 rings (SSSR count). The number of nitrogens with zero attached hydrogens (tertiary/aromatic N) is 2. The third-order valence-electron chi connectivity index (χ3n) is 3.55. The monoisotopic (exact) mass is 330 g/mol. The third kappa shape index (κ3) is 5.85. The highest BCUT2D eigenvalue weighted by atomic mass is 16.3. The number of carbonyl (C=O) groups excluding carboxylic acids is 2. The lowest BCUT2D eigenvalue weighted by Crippen LogP contribution is -2.12. The number of anilines is 1. The van der Waals surface area contributed by atoms with Crippen molar-refractivity contribution in [3.8, 4) is 0 Å². The highest BCUT2D eigenvalue weighted by molar-refractivity contribution is 5.90. The molecular formula is C17H22N4O3. The van der Waals surface area contributed by atoms with Gasteiger partial charge in [-0.15, -0.1) is 0 Å². The molecule has 3 N–H and O–H groups in total. The summed E-state index contributed by atoms with van der Waals surface area (Å²) in [4.78, 5) is 26.2. The number of imidazole rings is 1. The Balaban J connectivity index is 1.66. The van der Waals surface area contributed by atoms with E-state index >= 15 is 0 Å². The zero-order valence-corrected chi connectivity index (χ0v) is 13.4. The normalized spacial score (nSPS) is 10.4. The Morgan fingerprint density at radius 1 is 1.25 bits per heavy atom. The first-order valence-electron chi connectivity index (χ1n) is 7.88. The summed E-state index contributed by atoms with van der Waals surface area (Å²) in [6.07, 6.45) is 6.25. The van der Waals surface area contributed by atoms with Crippen LogP contribution in [-0.4, -0.2) is 27.0 Å². The van der Waals surface area contributed by atoms with Gasteiger partial charge in [-0.2, -0.15) is 0 Å². The lowest BCUT2D eigenvalue weighted by atomic mass is 10.2. The van der Waals surface area contributed by atoms with Crippen LogP contribution in [0.1, 0.15) is 30.5 Å². The van der Waals surface area contributed by atoms with Gasteiger partial charge in [-0.3, -0.25) is 9.59 Å². The van der Waals surface area contributed by atoms with Gasteiger partial charge in [0.15, 0.2) is 0 Å². The van der Waals surface area contributed by atoms with Crippen molar-refractivity contribution in [1.82, 2.24) is 14.9 Å². The number of rotatable bonds is 10. The highest BCUT2D eigenvalue weighted by Gasteiger charge is 2.03. The minimum Gasteiger partial charge on any atom is -0.390 e. The Labute approximate surface area is 140 Å². The van der Waals surface area contributed by atoms with E-state index in [2.05, 4.69) is 15.6 Å². The minimum atomic E-state index is -0.0561. The molecule has 0 bridgehead atoms. The second-order valence-electron chi connectivity index (χ2n) is 5.46. The summed E-state index contributed by atoms with van der Waals surface area (Å²) in [5, 5.41) is 14.4. The van der Waals surface area contributed by atoms with E-state index in [9.17, 15) is 9.59 Å². The molecule has 0 aliphatic rings. The van der Waals surface area contributed by atoms with Crippen LogP contribution in [0.4, 0.5) is 5.69 Å². The van der Waals surface area contributed by atoms with Crippen LogP contribution in [0.5, 0.6) is 0 Å². The molecule has 0 fully saturated rings. The SMILES string of the molecule is O=CNCc1ccc(NC(=O)CCCCn2cnc(CO)c2)cc1. The van der Waals surface area contributed by atoms with Gasteiger partial charge in [-0.1, -0.05) is 12.1 Å². The van der Waals surface area contributed by atoms with Crippen molar-refractivity contribution in [1.29, 1.82) is 0 Å². The summed E-state index contributed by atoms with van der Waals surface area (Å²) in [5.74, 6) is -0.0181. The zero-order valence-electron chi connectivity index (χ0n) is 13.4. The fraction of sp³-hybridized carbons (Fsp3) is 0.353. The van der Waals surface area contributed by atoms with Crippen molar-refractivity contribution < 1.29 is 14.7 Å². The number of aromatic nitrogens is 2. The molecule has 0 radical (unpaired) electrons. The first-order chi connectivity index (χ1) is 11.7. The number of aryl methyl sites for hydroxylation is 1. The van der Waals surface area contributed by atoms with Crippen LogP contribution in [0.2, 0.25) is 0 Å². The molecule has 1 aromatic heterocycles. The van der Waals surface area contributed by atoms with E-state index in [4.69, 9.17) is 5.11 Å². The smallest absolute Gasteiger partial charge is 0.224 e.